The maximum absolute atomic E-state index is 11.0. The van der Waals surface area contributed by atoms with E-state index >= 15 is 0 Å². The van der Waals surface area contributed by atoms with E-state index in [-0.39, 0.29) is 5.56 Å². The number of anilines is 1. The molecule has 0 aliphatic heterocycles. The molecule has 0 saturated heterocycles. The maximum Gasteiger partial charge on any atom is 0.335 e. The fraction of sp³-hybridized carbons (Fsp3) is 0.250. The Hall–Kier alpha value is -1.95. The van der Waals surface area contributed by atoms with Crippen molar-refractivity contribution in [1.82, 2.24) is 9.97 Å². The maximum atomic E-state index is 11.0. The highest BCUT2D eigenvalue weighted by atomic mass is 32.1. The summed E-state index contributed by atoms with van der Waals surface area (Å²) in [6, 6.07) is 3.13. The first-order valence-corrected chi connectivity index (χ1v) is 6.30. The highest BCUT2D eigenvalue weighted by Gasteiger charge is 2.10. The lowest BCUT2D eigenvalue weighted by Crippen LogP contribution is -2.18. The summed E-state index contributed by atoms with van der Waals surface area (Å²) in [6.45, 7) is 2.39. The minimum Gasteiger partial charge on any atom is -0.478 e. The molecule has 0 atom stereocenters. The number of carboxylic acids is 1. The third kappa shape index (κ3) is 2.84. The summed E-state index contributed by atoms with van der Waals surface area (Å²) in [7, 11) is 1.87. The van der Waals surface area contributed by atoms with Crippen molar-refractivity contribution in [1.29, 1.82) is 0 Å². The predicted molar refractivity (Wildman–Crippen MR) is 70.2 cm³/mol. The van der Waals surface area contributed by atoms with Crippen LogP contribution in [-0.2, 0) is 6.54 Å². The minimum absolute atomic E-state index is 0.252. The first-order valence-electron chi connectivity index (χ1n) is 5.36. The average Bonchev–Trinajstić information content (AvgIpc) is 2.80. The first kappa shape index (κ1) is 12.5. The van der Waals surface area contributed by atoms with Crippen molar-refractivity contribution in [3.63, 3.8) is 0 Å². The Labute approximate surface area is 109 Å². The Kier molecular flexibility index (Phi) is 3.57. The Balaban J connectivity index is 2.24. The van der Waals surface area contributed by atoms with Crippen molar-refractivity contribution in [2.75, 3.05) is 11.9 Å². The molecule has 6 heteroatoms. The van der Waals surface area contributed by atoms with E-state index < -0.39 is 5.97 Å². The summed E-state index contributed by atoms with van der Waals surface area (Å²) < 4.78 is 0. The molecular weight excluding hydrogens is 250 g/mol. The van der Waals surface area contributed by atoms with Crippen molar-refractivity contribution in [2.24, 2.45) is 0 Å². The molecule has 2 heterocycles. The van der Waals surface area contributed by atoms with Crippen molar-refractivity contribution in [3.8, 4) is 0 Å². The van der Waals surface area contributed by atoms with Crippen LogP contribution in [0.1, 0.15) is 21.7 Å². The zero-order valence-corrected chi connectivity index (χ0v) is 10.9. The molecule has 0 amide bonds. The van der Waals surface area contributed by atoms with E-state index in [2.05, 4.69) is 9.97 Å². The van der Waals surface area contributed by atoms with Crippen molar-refractivity contribution in [3.05, 3.63) is 40.0 Å². The predicted octanol–water partition coefficient (Wildman–Crippen LogP) is 2.18. The molecule has 0 saturated carbocycles. The number of nitrogens with zero attached hydrogens (tertiary/aromatic N) is 3. The number of rotatable bonds is 4. The molecule has 0 unspecified atom stereocenters. The van der Waals surface area contributed by atoms with Gasteiger partial charge in [-0.1, -0.05) is 0 Å². The standard InChI is InChI=1S/C12H13N3O2S/c1-8-3-9(12(16)17)4-11(14-8)15(2)5-10-6-18-7-13-10/h3-4,6-7H,5H2,1-2H3,(H,16,17). The number of carboxylic acid groups (broad SMARTS) is 1. The van der Waals surface area contributed by atoms with Gasteiger partial charge in [-0.05, 0) is 19.1 Å². The largest absolute Gasteiger partial charge is 0.478 e. The molecule has 0 bridgehead atoms. The number of aromatic nitrogens is 2. The summed E-state index contributed by atoms with van der Waals surface area (Å²) in [5.41, 5.74) is 3.66. The van der Waals surface area contributed by atoms with Crippen molar-refractivity contribution < 1.29 is 9.90 Å². The Morgan fingerprint density at radius 2 is 2.28 bits per heavy atom. The number of pyridine rings is 1. The SMILES string of the molecule is Cc1cc(C(=O)O)cc(N(C)Cc2cscn2)n1. The topological polar surface area (TPSA) is 66.3 Å². The van der Waals surface area contributed by atoms with E-state index in [9.17, 15) is 4.79 Å². The van der Waals surface area contributed by atoms with Gasteiger partial charge in [0.1, 0.15) is 5.82 Å². The van der Waals surface area contributed by atoms with E-state index in [0.717, 1.165) is 5.69 Å². The fourth-order valence-electron chi connectivity index (χ4n) is 1.61. The lowest BCUT2D eigenvalue weighted by molar-refractivity contribution is 0.0696. The number of aromatic carboxylic acids is 1. The highest BCUT2D eigenvalue weighted by molar-refractivity contribution is 7.07. The van der Waals surface area contributed by atoms with Crippen molar-refractivity contribution >= 4 is 23.1 Å². The third-order valence-corrected chi connectivity index (χ3v) is 3.10. The smallest absolute Gasteiger partial charge is 0.335 e. The van der Waals surface area contributed by atoms with Crippen LogP contribution in [0.15, 0.2) is 23.0 Å². The van der Waals surface area contributed by atoms with Crippen LogP contribution in [0.5, 0.6) is 0 Å². The number of hydrogen-bond acceptors (Lipinski definition) is 5. The van der Waals surface area contributed by atoms with Gasteiger partial charge in [-0.3, -0.25) is 0 Å². The van der Waals surface area contributed by atoms with Gasteiger partial charge in [0, 0.05) is 18.1 Å². The van der Waals surface area contributed by atoms with Crippen LogP contribution in [-0.4, -0.2) is 28.1 Å². The molecule has 2 rings (SSSR count). The fourth-order valence-corrected chi connectivity index (χ4v) is 2.16. The van der Waals surface area contributed by atoms with Crippen LogP contribution in [0.3, 0.4) is 0 Å². The summed E-state index contributed by atoms with van der Waals surface area (Å²) in [4.78, 5) is 21.4. The Morgan fingerprint density at radius 1 is 1.50 bits per heavy atom. The van der Waals surface area contributed by atoms with Gasteiger partial charge in [0.25, 0.3) is 0 Å². The first-order chi connectivity index (χ1) is 8.56. The molecule has 2 aromatic rings. The second-order valence-electron chi connectivity index (χ2n) is 4.00. The van der Waals surface area contributed by atoms with E-state index in [1.54, 1.807) is 24.6 Å². The molecule has 0 aliphatic carbocycles. The van der Waals surface area contributed by atoms with Crippen LogP contribution in [0.2, 0.25) is 0 Å². The van der Waals surface area contributed by atoms with Crippen LogP contribution in [0.25, 0.3) is 0 Å². The van der Waals surface area contributed by atoms with Gasteiger partial charge in [-0.2, -0.15) is 0 Å². The molecule has 0 spiro atoms. The minimum atomic E-state index is -0.941. The number of thiazole rings is 1. The van der Waals surface area contributed by atoms with Gasteiger partial charge in [0.2, 0.25) is 0 Å². The summed E-state index contributed by atoms with van der Waals surface area (Å²) in [6.07, 6.45) is 0. The van der Waals surface area contributed by atoms with E-state index in [1.807, 2.05) is 17.3 Å². The van der Waals surface area contributed by atoms with E-state index in [1.165, 1.54) is 11.3 Å². The highest BCUT2D eigenvalue weighted by Crippen LogP contribution is 2.16. The van der Waals surface area contributed by atoms with Gasteiger partial charge in [0.15, 0.2) is 0 Å². The quantitative estimate of drug-likeness (QED) is 0.915. The molecule has 0 radical (unpaired) electrons. The van der Waals surface area contributed by atoms with Crippen LogP contribution in [0.4, 0.5) is 5.82 Å². The molecule has 94 valence electrons. The van der Waals surface area contributed by atoms with Gasteiger partial charge in [-0.25, -0.2) is 14.8 Å². The third-order valence-electron chi connectivity index (χ3n) is 2.46. The summed E-state index contributed by atoms with van der Waals surface area (Å²) in [5.74, 6) is -0.302. The normalized spacial score (nSPS) is 10.3. The lowest BCUT2D eigenvalue weighted by atomic mass is 10.2. The zero-order valence-electron chi connectivity index (χ0n) is 10.1. The number of aryl methyl sites for hydroxylation is 1. The molecular formula is C12H13N3O2S. The second kappa shape index (κ2) is 5.14. The number of carbonyl (C=O) groups is 1. The molecule has 0 aromatic carbocycles. The lowest BCUT2D eigenvalue weighted by Gasteiger charge is -2.17. The van der Waals surface area contributed by atoms with Gasteiger partial charge < -0.3 is 10.0 Å². The van der Waals surface area contributed by atoms with Gasteiger partial charge in [-0.15, -0.1) is 11.3 Å². The van der Waals surface area contributed by atoms with Crippen LogP contribution >= 0.6 is 11.3 Å². The van der Waals surface area contributed by atoms with Gasteiger partial charge in [0.05, 0.1) is 23.3 Å². The van der Waals surface area contributed by atoms with E-state index in [0.29, 0.717) is 18.1 Å². The molecule has 0 fully saturated rings. The summed E-state index contributed by atoms with van der Waals surface area (Å²) >= 11 is 1.54. The molecule has 18 heavy (non-hydrogen) atoms. The Bertz CT molecular complexity index is 554. The average molecular weight is 263 g/mol. The van der Waals surface area contributed by atoms with Gasteiger partial charge >= 0.3 is 5.97 Å². The Morgan fingerprint density at radius 3 is 2.89 bits per heavy atom. The summed E-state index contributed by atoms with van der Waals surface area (Å²) in [5, 5.41) is 11.0. The monoisotopic (exact) mass is 263 g/mol. The number of hydrogen-bond donors (Lipinski definition) is 1. The van der Waals surface area contributed by atoms with Crippen LogP contribution in [0, 0.1) is 6.92 Å². The second-order valence-corrected chi connectivity index (χ2v) is 4.72. The molecule has 2 aromatic heterocycles. The molecule has 1 N–H and O–H groups in total. The van der Waals surface area contributed by atoms with Crippen molar-refractivity contribution in [2.45, 2.75) is 13.5 Å². The zero-order chi connectivity index (χ0) is 13.1. The molecule has 5 nitrogen and oxygen atoms in total. The van der Waals surface area contributed by atoms with Crippen LogP contribution < -0.4 is 4.90 Å². The van der Waals surface area contributed by atoms with E-state index in [4.69, 9.17) is 5.11 Å². The molecule has 0 aliphatic rings.